The normalized spacial score (nSPS) is 11.1. The molecule has 0 bridgehead atoms. The number of ether oxygens (including phenoxy) is 1. The molecule has 5 nitrogen and oxygen atoms in total. The Bertz CT molecular complexity index is 732. The molecule has 0 spiro atoms. The highest BCUT2D eigenvalue weighted by molar-refractivity contribution is 9.10. The highest BCUT2D eigenvalue weighted by Gasteiger charge is 2.20. The smallest absolute Gasteiger partial charge is 0.265 e. The van der Waals surface area contributed by atoms with E-state index in [9.17, 15) is 8.42 Å². The average molecular weight is 357 g/mol. The molecule has 0 radical (unpaired) electrons. The van der Waals surface area contributed by atoms with Gasteiger partial charge in [0.1, 0.15) is 10.6 Å². The van der Waals surface area contributed by atoms with Crippen molar-refractivity contribution in [2.45, 2.75) is 4.90 Å². The quantitative estimate of drug-likeness (QED) is 0.825. The number of sulfonamides is 1. The Morgan fingerprint density at radius 3 is 2.60 bits per heavy atom. The molecule has 0 saturated carbocycles. The van der Waals surface area contributed by atoms with E-state index in [2.05, 4.69) is 20.7 Å². The number of nitrogens with one attached hydrogen (secondary N) is 1. The van der Waals surface area contributed by atoms with Crippen molar-refractivity contribution in [1.29, 1.82) is 0 Å². The third kappa shape index (κ3) is 3.23. The van der Waals surface area contributed by atoms with Crippen LogP contribution in [0.25, 0.3) is 0 Å². The highest BCUT2D eigenvalue weighted by Crippen LogP contribution is 2.28. The van der Waals surface area contributed by atoms with Gasteiger partial charge in [0, 0.05) is 15.8 Å². The van der Waals surface area contributed by atoms with Crippen LogP contribution in [0.5, 0.6) is 5.75 Å². The summed E-state index contributed by atoms with van der Waals surface area (Å²) in [6.45, 7) is 0. The fourth-order valence-electron chi connectivity index (χ4n) is 1.67. The van der Waals surface area contributed by atoms with Gasteiger partial charge < -0.3 is 10.5 Å². The van der Waals surface area contributed by atoms with Gasteiger partial charge in [0.15, 0.2) is 0 Å². The zero-order chi connectivity index (χ0) is 14.8. The molecule has 3 N–H and O–H groups in total. The summed E-state index contributed by atoms with van der Waals surface area (Å²) in [6, 6.07) is 11.3. The molecule has 0 aliphatic carbocycles. The van der Waals surface area contributed by atoms with Gasteiger partial charge in [0.25, 0.3) is 10.0 Å². The maximum absolute atomic E-state index is 12.4. The van der Waals surface area contributed by atoms with Crippen LogP contribution in [-0.2, 0) is 10.0 Å². The van der Waals surface area contributed by atoms with Gasteiger partial charge in [-0.05, 0) is 36.4 Å². The van der Waals surface area contributed by atoms with E-state index in [1.807, 2.05) is 0 Å². The molecule has 7 heteroatoms. The summed E-state index contributed by atoms with van der Waals surface area (Å²) in [5.74, 6) is 0.238. The predicted molar refractivity (Wildman–Crippen MR) is 82.4 cm³/mol. The van der Waals surface area contributed by atoms with Crippen LogP contribution in [0.2, 0.25) is 0 Å². The number of rotatable bonds is 4. The standard InChI is InChI=1S/C13H13BrN2O3S/c1-19-12-6-5-10(15)8-13(12)20(17,18)16-11-4-2-3-9(14)7-11/h2-8,16H,15H2,1H3. The van der Waals surface area contributed by atoms with Crippen molar-refractivity contribution in [2.75, 3.05) is 17.6 Å². The Hall–Kier alpha value is -1.73. The van der Waals surface area contributed by atoms with Gasteiger partial charge in [0.05, 0.1) is 7.11 Å². The summed E-state index contributed by atoms with van der Waals surface area (Å²) in [7, 11) is -2.36. The van der Waals surface area contributed by atoms with Crippen LogP contribution >= 0.6 is 15.9 Å². The summed E-state index contributed by atoms with van der Waals surface area (Å²) >= 11 is 3.29. The third-order valence-corrected chi connectivity index (χ3v) is 4.45. The number of nitrogen functional groups attached to an aromatic ring is 1. The summed E-state index contributed by atoms with van der Waals surface area (Å²) in [5.41, 5.74) is 6.44. The van der Waals surface area contributed by atoms with E-state index in [0.29, 0.717) is 11.4 Å². The van der Waals surface area contributed by atoms with Crippen molar-refractivity contribution in [2.24, 2.45) is 0 Å². The van der Waals surface area contributed by atoms with E-state index in [1.165, 1.54) is 19.2 Å². The lowest BCUT2D eigenvalue weighted by Crippen LogP contribution is -2.14. The number of hydrogen-bond acceptors (Lipinski definition) is 4. The zero-order valence-electron chi connectivity index (χ0n) is 10.6. The topological polar surface area (TPSA) is 81.4 Å². The molecule has 0 heterocycles. The van der Waals surface area contributed by atoms with E-state index in [1.54, 1.807) is 30.3 Å². The average Bonchev–Trinajstić information content (AvgIpc) is 2.38. The highest BCUT2D eigenvalue weighted by atomic mass is 79.9. The molecule has 0 fully saturated rings. The van der Waals surface area contributed by atoms with Gasteiger partial charge in [-0.25, -0.2) is 8.42 Å². The lowest BCUT2D eigenvalue weighted by atomic mass is 10.3. The van der Waals surface area contributed by atoms with Crippen LogP contribution in [0.1, 0.15) is 0 Å². The Balaban J connectivity index is 2.43. The minimum Gasteiger partial charge on any atom is -0.495 e. The van der Waals surface area contributed by atoms with Crippen molar-refractivity contribution in [3.63, 3.8) is 0 Å². The second-order valence-corrected chi connectivity index (χ2v) is 6.59. The van der Waals surface area contributed by atoms with Crippen molar-refractivity contribution >= 4 is 37.3 Å². The molecular formula is C13H13BrN2O3S. The SMILES string of the molecule is COc1ccc(N)cc1S(=O)(=O)Nc1cccc(Br)c1. The van der Waals surface area contributed by atoms with E-state index in [-0.39, 0.29) is 10.6 Å². The molecule has 2 rings (SSSR count). The summed E-state index contributed by atoms with van der Waals surface area (Å²) in [6.07, 6.45) is 0. The fraction of sp³-hybridized carbons (Fsp3) is 0.0769. The first-order valence-electron chi connectivity index (χ1n) is 5.64. The number of methoxy groups -OCH3 is 1. The Kier molecular flexibility index (Phi) is 4.20. The monoisotopic (exact) mass is 356 g/mol. The van der Waals surface area contributed by atoms with Crippen molar-refractivity contribution in [3.8, 4) is 5.75 Å². The predicted octanol–water partition coefficient (Wildman–Crippen LogP) is 2.84. The van der Waals surface area contributed by atoms with Crippen LogP contribution in [0.15, 0.2) is 51.8 Å². The summed E-state index contributed by atoms with van der Waals surface area (Å²) in [5, 5.41) is 0. The second-order valence-electron chi connectivity index (χ2n) is 4.03. The molecule has 0 aromatic heterocycles. The Morgan fingerprint density at radius 1 is 1.20 bits per heavy atom. The molecule has 0 saturated heterocycles. The Morgan fingerprint density at radius 2 is 1.95 bits per heavy atom. The Labute approximate surface area is 125 Å². The number of halogens is 1. The first kappa shape index (κ1) is 14.7. The summed E-state index contributed by atoms with van der Waals surface area (Å²) < 4.78 is 33.1. The molecule has 20 heavy (non-hydrogen) atoms. The maximum Gasteiger partial charge on any atom is 0.265 e. The van der Waals surface area contributed by atoms with Gasteiger partial charge in [-0.15, -0.1) is 0 Å². The van der Waals surface area contributed by atoms with Crippen LogP contribution < -0.4 is 15.2 Å². The number of hydrogen-bond donors (Lipinski definition) is 2. The molecular weight excluding hydrogens is 344 g/mol. The number of nitrogens with two attached hydrogens (primary N) is 1. The minimum atomic E-state index is -3.77. The molecule has 2 aromatic rings. The van der Waals surface area contributed by atoms with E-state index >= 15 is 0 Å². The van der Waals surface area contributed by atoms with Crippen molar-refractivity contribution < 1.29 is 13.2 Å². The molecule has 0 unspecified atom stereocenters. The van der Waals surface area contributed by atoms with Crippen LogP contribution in [0.4, 0.5) is 11.4 Å². The molecule has 2 aromatic carbocycles. The third-order valence-electron chi connectivity index (χ3n) is 2.55. The van der Waals surface area contributed by atoms with Gasteiger partial charge in [-0.1, -0.05) is 22.0 Å². The summed E-state index contributed by atoms with van der Waals surface area (Å²) in [4.78, 5) is -0.0000227. The van der Waals surface area contributed by atoms with Gasteiger partial charge in [0.2, 0.25) is 0 Å². The second kappa shape index (κ2) is 5.72. The molecule has 106 valence electrons. The molecule has 0 amide bonds. The lowest BCUT2D eigenvalue weighted by molar-refractivity contribution is 0.403. The fourth-order valence-corrected chi connectivity index (χ4v) is 3.32. The van der Waals surface area contributed by atoms with Gasteiger partial charge >= 0.3 is 0 Å². The van der Waals surface area contributed by atoms with Gasteiger partial charge in [-0.2, -0.15) is 0 Å². The van der Waals surface area contributed by atoms with Crippen LogP contribution in [-0.4, -0.2) is 15.5 Å². The molecule has 0 atom stereocenters. The van der Waals surface area contributed by atoms with Crippen LogP contribution in [0, 0.1) is 0 Å². The molecule has 0 aliphatic rings. The minimum absolute atomic E-state index is 0.0000227. The largest absolute Gasteiger partial charge is 0.495 e. The molecule has 0 aliphatic heterocycles. The van der Waals surface area contributed by atoms with E-state index in [4.69, 9.17) is 10.5 Å². The first-order valence-corrected chi connectivity index (χ1v) is 7.92. The lowest BCUT2D eigenvalue weighted by Gasteiger charge is -2.12. The number of benzene rings is 2. The van der Waals surface area contributed by atoms with E-state index in [0.717, 1.165) is 4.47 Å². The zero-order valence-corrected chi connectivity index (χ0v) is 13.0. The number of anilines is 2. The van der Waals surface area contributed by atoms with Crippen LogP contribution in [0.3, 0.4) is 0 Å². The maximum atomic E-state index is 12.4. The van der Waals surface area contributed by atoms with Crippen molar-refractivity contribution in [1.82, 2.24) is 0 Å². The van der Waals surface area contributed by atoms with Gasteiger partial charge in [-0.3, -0.25) is 4.72 Å². The first-order chi connectivity index (χ1) is 9.42. The van der Waals surface area contributed by atoms with Crippen molar-refractivity contribution in [3.05, 3.63) is 46.9 Å². The van der Waals surface area contributed by atoms with E-state index < -0.39 is 10.0 Å².